The van der Waals surface area contributed by atoms with E-state index in [4.69, 9.17) is 10.5 Å². The number of aliphatic hydroxyl groups excluding tert-OH is 3. The third-order valence-electron chi connectivity index (χ3n) is 7.24. The van der Waals surface area contributed by atoms with Crippen LogP contribution in [0.1, 0.15) is 67.2 Å². The molecule has 1 heterocycles. The van der Waals surface area contributed by atoms with Crippen molar-refractivity contribution >= 4 is 23.5 Å². The predicted octanol–water partition coefficient (Wildman–Crippen LogP) is 4.97. The highest BCUT2D eigenvalue weighted by Gasteiger charge is 2.42. The number of hydrogen-bond donors (Lipinski definition) is 4. The second kappa shape index (κ2) is 15.8. The number of carbonyl (C=O) groups excluding carboxylic acids is 2. The van der Waals surface area contributed by atoms with Crippen molar-refractivity contribution in [3.8, 4) is 0 Å². The van der Waals surface area contributed by atoms with Gasteiger partial charge in [0.2, 0.25) is 0 Å². The van der Waals surface area contributed by atoms with Gasteiger partial charge in [-0.05, 0) is 36.8 Å². The highest BCUT2D eigenvalue weighted by molar-refractivity contribution is 8.02. The number of ether oxygens (including phenoxy) is 1. The van der Waals surface area contributed by atoms with Crippen LogP contribution in [0.5, 0.6) is 0 Å². The Hall–Kier alpha value is -2.08. The molecule has 0 spiro atoms. The first-order valence-corrected chi connectivity index (χ1v) is 14.3. The molecule has 1 rings (SSSR count). The molecule has 6 atom stereocenters. The van der Waals surface area contributed by atoms with E-state index in [0.29, 0.717) is 12.0 Å². The van der Waals surface area contributed by atoms with Crippen molar-refractivity contribution in [2.24, 2.45) is 23.0 Å². The molecule has 0 amide bonds. The van der Waals surface area contributed by atoms with Crippen LogP contribution >= 0.6 is 11.8 Å². The molecule has 0 radical (unpaired) electrons. The minimum atomic E-state index is -4.65. The number of nitrogens with two attached hydrogens (primary N) is 1. The smallest absolute Gasteiger partial charge is 0.412 e. The van der Waals surface area contributed by atoms with Gasteiger partial charge >= 0.3 is 12.1 Å². The highest BCUT2D eigenvalue weighted by atomic mass is 32.2. The number of Topliss-reactive ketones (excluding diaryl/α,β-unsaturated/α-hetero) is 1. The number of esters is 1. The fourth-order valence-electron chi connectivity index (χ4n) is 4.23. The highest BCUT2D eigenvalue weighted by Crippen LogP contribution is 2.33. The van der Waals surface area contributed by atoms with Gasteiger partial charge in [0.15, 0.2) is 0 Å². The van der Waals surface area contributed by atoms with Crippen LogP contribution in [-0.2, 0) is 14.3 Å². The quantitative estimate of drug-likeness (QED) is 0.194. The number of ketones is 1. The van der Waals surface area contributed by atoms with Gasteiger partial charge in [0, 0.05) is 34.8 Å². The average molecular weight is 592 g/mol. The molecule has 0 aromatic heterocycles. The van der Waals surface area contributed by atoms with Crippen molar-refractivity contribution < 1.29 is 42.8 Å². The normalized spacial score (nSPS) is 31.2. The number of allylic oxidation sites excluding steroid dienone is 3. The molecule has 40 heavy (non-hydrogen) atoms. The number of thioether (sulfide) groups is 1. The van der Waals surface area contributed by atoms with Crippen LogP contribution in [0.25, 0.3) is 0 Å². The zero-order chi connectivity index (χ0) is 30.8. The van der Waals surface area contributed by atoms with E-state index in [1.54, 1.807) is 19.3 Å². The van der Waals surface area contributed by atoms with Crippen molar-refractivity contribution in [2.75, 3.05) is 6.61 Å². The van der Waals surface area contributed by atoms with Crippen molar-refractivity contribution in [1.29, 1.82) is 0 Å². The Morgan fingerprint density at radius 2 is 1.90 bits per heavy atom. The summed E-state index contributed by atoms with van der Waals surface area (Å²) in [6.07, 6.45) is -3.91. The molecule has 0 saturated heterocycles. The molecule has 1 unspecified atom stereocenters. The Balaban J connectivity index is 3.49. The van der Waals surface area contributed by atoms with Crippen molar-refractivity contribution in [1.82, 2.24) is 0 Å². The Bertz CT molecular complexity index is 985. The van der Waals surface area contributed by atoms with E-state index in [1.807, 2.05) is 6.92 Å². The van der Waals surface area contributed by atoms with Gasteiger partial charge in [-0.1, -0.05) is 52.8 Å². The molecule has 1 aliphatic rings. The van der Waals surface area contributed by atoms with E-state index >= 15 is 0 Å². The van der Waals surface area contributed by atoms with Gasteiger partial charge in [-0.25, -0.2) is 0 Å². The molecule has 11 heteroatoms. The van der Waals surface area contributed by atoms with Crippen LogP contribution < -0.4 is 5.73 Å². The molecular formula is C29H44F3NO6S. The largest absolute Gasteiger partial charge is 0.457 e. The maximum atomic E-state index is 13.8. The lowest BCUT2D eigenvalue weighted by Gasteiger charge is -2.34. The fraction of sp³-hybridized carbons (Fsp3) is 0.655. The number of aliphatic hydroxyl groups is 3. The van der Waals surface area contributed by atoms with Crippen LogP contribution in [-0.4, -0.2) is 63.4 Å². The standard InChI is InChI=1S/C29H44F3NO6S/c1-7-22(15-34)40-16-21(33)13-18(3)23-12-11-20(29(30,31)32)10-8-9-17(2)26(37)19(4)27(38)28(5,6)24(35)14-25(36)39-23/h8-9,11,13,16-17,19,22-24,26,34-35,37H,7,10,12,14-15,33H2,1-6H3/b9-8+,18-13+,20-11+,21-16-/t17-,19+,22?,23-,24-,26-/m0/s1. The molecule has 7 nitrogen and oxygen atoms in total. The minimum Gasteiger partial charge on any atom is -0.457 e. The summed E-state index contributed by atoms with van der Waals surface area (Å²) >= 11 is 1.31. The second-order valence-electron chi connectivity index (χ2n) is 10.9. The summed E-state index contributed by atoms with van der Waals surface area (Å²) in [5.41, 5.74) is 4.45. The second-order valence-corrected chi connectivity index (χ2v) is 12.0. The molecule has 1 aliphatic heterocycles. The van der Waals surface area contributed by atoms with E-state index in [-0.39, 0.29) is 24.0 Å². The number of alkyl halides is 3. The molecule has 0 bridgehead atoms. The summed E-state index contributed by atoms with van der Waals surface area (Å²) in [5, 5.41) is 32.4. The zero-order valence-electron chi connectivity index (χ0n) is 24.1. The monoisotopic (exact) mass is 591 g/mol. The van der Waals surface area contributed by atoms with Crippen molar-refractivity contribution in [2.45, 2.75) is 97.0 Å². The van der Waals surface area contributed by atoms with Gasteiger partial charge in [-0.2, -0.15) is 13.2 Å². The summed E-state index contributed by atoms with van der Waals surface area (Å²) in [6, 6.07) is 0. The molecule has 0 aliphatic carbocycles. The summed E-state index contributed by atoms with van der Waals surface area (Å²) in [6.45, 7) is 9.45. The first-order chi connectivity index (χ1) is 18.4. The Kier molecular flexibility index (Phi) is 14.2. The first-order valence-electron chi connectivity index (χ1n) is 13.4. The Labute approximate surface area is 239 Å². The van der Waals surface area contributed by atoms with E-state index in [9.17, 15) is 38.1 Å². The van der Waals surface area contributed by atoms with E-state index < -0.39 is 71.9 Å². The van der Waals surface area contributed by atoms with Crippen molar-refractivity contribution in [3.63, 3.8) is 0 Å². The van der Waals surface area contributed by atoms with Gasteiger partial charge in [0.05, 0.1) is 30.7 Å². The Morgan fingerprint density at radius 1 is 1.27 bits per heavy atom. The van der Waals surface area contributed by atoms with Gasteiger partial charge in [0.25, 0.3) is 0 Å². The molecular weight excluding hydrogens is 547 g/mol. The third-order valence-corrected chi connectivity index (χ3v) is 8.52. The summed E-state index contributed by atoms with van der Waals surface area (Å²) in [7, 11) is 0. The number of rotatable bonds is 6. The van der Waals surface area contributed by atoms with Crippen LogP contribution in [0.3, 0.4) is 0 Å². The van der Waals surface area contributed by atoms with E-state index in [1.165, 1.54) is 50.8 Å². The summed E-state index contributed by atoms with van der Waals surface area (Å²) in [5.74, 6) is -2.97. The van der Waals surface area contributed by atoms with Crippen LogP contribution in [0, 0.1) is 17.3 Å². The van der Waals surface area contributed by atoms with Crippen LogP contribution in [0.4, 0.5) is 13.2 Å². The first kappa shape index (κ1) is 35.9. The number of cyclic esters (lactones) is 1. The molecule has 5 N–H and O–H groups in total. The van der Waals surface area contributed by atoms with Crippen molar-refractivity contribution in [3.05, 3.63) is 46.6 Å². The van der Waals surface area contributed by atoms with Crippen LogP contribution in [0.15, 0.2) is 46.6 Å². The van der Waals surface area contributed by atoms with Gasteiger partial charge in [0.1, 0.15) is 11.9 Å². The number of hydrogen-bond acceptors (Lipinski definition) is 8. The number of halogens is 3. The van der Waals surface area contributed by atoms with E-state index in [0.717, 1.165) is 6.08 Å². The molecule has 0 fully saturated rings. The minimum absolute atomic E-state index is 0.0506. The SMILES string of the molecule is CCC(CO)S/C=C(N)/C=C(\C)[C@@H]1C/C=C(/C(F)(F)F)C/C=C/[C@H](C)[C@H](O)[C@@H](C)C(=O)C(C)(C)[C@@H](O)CC(=O)O1. The van der Waals surface area contributed by atoms with E-state index in [2.05, 4.69) is 0 Å². The molecule has 0 aromatic rings. The van der Waals surface area contributed by atoms with Gasteiger partial charge in [-0.15, -0.1) is 11.8 Å². The molecule has 228 valence electrons. The molecule has 0 aromatic carbocycles. The fourth-order valence-corrected chi connectivity index (χ4v) is 4.92. The summed E-state index contributed by atoms with van der Waals surface area (Å²) in [4.78, 5) is 26.0. The lowest BCUT2D eigenvalue weighted by molar-refractivity contribution is -0.154. The summed E-state index contributed by atoms with van der Waals surface area (Å²) < 4.78 is 47.0. The average Bonchev–Trinajstić information content (AvgIpc) is 2.87. The predicted molar refractivity (Wildman–Crippen MR) is 151 cm³/mol. The maximum absolute atomic E-state index is 13.8. The zero-order valence-corrected chi connectivity index (χ0v) is 24.9. The van der Waals surface area contributed by atoms with Gasteiger partial charge < -0.3 is 25.8 Å². The van der Waals surface area contributed by atoms with Gasteiger partial charge in [-0.3, -0.25) is 9.59 Å². The lowest BCUT2D eigenvalue weighted by Crippen LogP contribution is -2.45. The number of carbonyl (C=O) groups is 2. The lowest BCUT2D eigenvalue weighted by atomic mass is 9.73. The molecule has 0 saturated carbocycles. The van der Waals surface area contributed by atoms with Crippen LogP contribution in [0.2, 0.25) is 0 Å². The maximum Gasteiger partial charge on any atom is 0.412 e. The topological polar surface area (TPSA) is 130 Å². The third kappa shape index (κ3) is 10.7. The Morgan fingerprint density at radius 3 is 2.45 bits per heavy atom.